The molecule has 0 saturated heterocycles. The normalized spacial score (nSPS) is 10.9. The molecule has 0 aliphatic rings. The summed E-state index contributed by atoms with van der Waals surface area (Å²) in [7, 11) is 0. The second-order valence-corrected chi connectivity index (χ2v) is 7.21. The first-order chi connectivity index (χ1) is 12.3. The Morgan fingerprint density at radius 2 is 2.04 bits per heavy atom. The fourth-order valence-electron chi connectivity index (χ4n) is 2.40. The third kappa shape index (κ3) is 3.44. The van der Waals surface area contributed by atoms with Gasteiger partial charge in [0.05, 0.1) is 21.8 Å². The Bertz CT molecular complexity index is 1110. The van der Waals surface area contributed by atoms with Crippen molar-refractivity contribution in [3.63, 3.8) is 0 Å². The van der Waals surface area contributed by atoms with Crippen LogP contribution in [-0.2, 0) is 11.3 Å². The molecule has 1 amide bonds. The van der Waals surface area contributed by atoms with Gasteiger partial charge in [0.2, 0.25) is 5.91 Å². The summed E-state index contributed by atoms with van der Waals surface area (Å²) in [5.74, 6) is -1.58. The van der Waals surface area contributed by atoms with Crippen LogP contribution in [0.25, 0.3) is 10.2 Å². The zero-order valence-electron chi connectivity index (χ0n) is 13.2. The molecule has 7 nitrogen and oxygen atoms in total. The van der Waals surface area contributed by atoms with Gasteiger partial charge >= 0.3 is 5.97 Å². The van der Waals surface area contributed by atoms with Crippen LogP contribution in [0.3, 0.4) is 0 Å². The molecular formula is C16H11Cl2N3O4S. The fraction of sp³-hybridized carbons (Fsp3) is 0.125. The van der Waals surface area contributed by atoms with Gasteiger partial charge in [-0.05, 0) is 30.7 Å². The van der Waals surface area contributed by atoms with Crippen LogP contribution in [0.15, 0.2) is 29.3 Å². The van der Waals surface area contributed by atoms with Crippen LogP contribution in [0.4, 0.5) is 5.69 Å². The van der Waals surface area contributed by atoms with Crippen molar-refractivity contribution in [1.29, 1.82) is 0 Å². The fourth-order valence-corrected chi connectivity index (χ4v) is 3.68. The average Bonchev–Trinajstić information content (AvgIpc) is 2.91. The number of amides is 1. The van der Waals surface area contributed by atoms with Crippen molar-refractivity contribution < 1.29 is 14.7 Å². The first-order valence-electron chi connectivity index (χ1n) is 7.24. The van der Waals surface area contributed by atoms with Gasteiger partial charge in [-0.25, -0.2) is 9.78 Å². The molecule has 3 aromatic rings. The predicted octanol–water partition coefficient (Wildman–Crippen LogP) is 3.41. The molecular weight excluding hydrogens is 401 g/mol. The molecule has 134 valence electrons. The van der Waals surface area contributed by atoms with Gasteiger partial charge in [0, 0.05) is 5.69 Å². The zero-order valence-corrected chi connectivity index (χ0v) is 15.6. The van der Waals surface area contributed by atoms with Crippen LogP contribution in [-0.4, -0.2) is 26.5 Å². The van der Waals surface area contributed by atoms with Crippen molar-refractivity contribution in [3.8, 4) is 0 Å². The van der Waals surface area contributed by atoms with Crippen LogP contribution in [0.5, 0.6) is 0 Å². The molecule has 3 rings (SSSR count). The number of carbonyl (C=O) groups is 2. The largest absolute Gasteiger partial charge is 0.477 e. The average molecular weight is 412 g/mol. The number of rotatable bonds is 4. The molecule has 0 unspecified atom stereocenters. The van der Waals surface area contributed by atoms with Crippen molar-refractivity contribution in [2.75, 3.05) is 5.32 Å². The zero-order chi connectivity index (χ0) is 19.0. The molecule has 10 heteroatoms. The number of thiophene rings is 1. The molecule has 0 aliphatic carbocycles. The first kappa shape index (κ1) is 18.4. The molecule has 0 aliphatic heterocycles. The quantitative estimate of drug-likeness (QED) is 0.684. The SMILES string of the molecule is Cc1c(C(=O)O)sc2ncn(CC(=O)Nc3ccc(Cl)c(Cl)c3)c(=O)c12. The molecule has 0 spiro atoms. The Kier molecular flexibility index (Phi) is 4.99. The molecule has 2 heterocycles. The van der Waals surface area contributed by atoms with Gasteiger partial charge in [0.1, 0.15) is 16.3 Å². The van der Waals surface area contributed by atoms with Crippen LogP contribution < -0.4 is 10.9 Å². The van der Waals surface area contributed by atoms with Crippen LogP contribution in [0.2, 0.25) is 10.0 Å². The number of halogens is 2. The number of carboxylic acids is 1. The van der Waals surface area contributed by atoms with Crippen LogP contribution in [0.1, 0.15) is 15.2 Å². The molecule has 1 aromatic carbocycles. The van der Waals surface area contributed by atoms with E-state index in [1.165, 1.54) is 12.4 Å². The molecule has 26 heavy (non-hydrogen) atoms. The number of nitrogens with one attached hydrogen (secondary N) is 1. The second kappa shape index (κ2) is 7.06. The minimum absolute atomic E-state index is 0.0580. The van der Waals surface area contributed by atoms with Gasteiger partial charge < -0.3 is 10.4 Å². The third-order valence-electron chi connectivity index (χ3n) is 3.63. The lowest BCUT2D eigenvalue weighted by Crippen LogP contribution is -2.27. The van der Waals surface area contributed by atoms with E-state index in [-0.39, 0.29) is 16.8 Å². The highest BCUT2D eigenvalue weighted by Gasteiger charge is 2.19. The van der Waals surface area contributed by atoms with Gasteiger partial charge in [-0.15, -0.1) is 11.3 Å². The summed E-state index contributed by atoms with van der Waals surface area (Å²) in [5, 5.41) is 12.6. The number of carboxylic acid groups (broad SMARTS) is 1. The highest BCUT2D eigenvalue weighted by molar-refractivity contribution is 7.20. The number of aromatic nitrogens is 2. The molecule has 2 aromatic heterocycles. The van der Waals surface area contributed by atoms with E-state index in [2.05, 4.69) is 10.3 Å². The second-order valence-electron chi connectivity index (χ2n) is 5.40. The standard InChI is InChI=1S/C16H11Cl2N3O4S/c1-7-12-14(26-13(7)16(24)25)19-6-21(15(12)23)5-11(22)20-8-2-3-9(17)10(18)4-8/h2-4,6H,5H2,1H3,(H,20,22)(H,24,25). The van der Waals surface area contributed by atoms with Crippen molar-refractivity contribution in [2.45, 2.75) is 13.5 Å². The topological polar surface area (TPSA) is 101 Å². The summed E-state index contributed by atoms with van der Waals surface area (Å²) in [5.41, 5.74) is 0.307. The van der Waals surface area contributed by atoms with Crippen LogP contribution in [0, 0.1) is 6.92 Å². The Hall–Kier alpha value is -2.42. The number of hydrogen-bond donors (Lipinski definition) is 2. The molecule has 0 bridgehead atoms. The van der Waals surface area contributed by atoms with E-state index in [0.29, 0.717) is 26.1 Å². The number of hydrogen-bond acceptors (Lipinski definition) is 5. The van der Waals surface area contributed by atoms with E-state index in [1.54, 1.807) is 19.1 Å². The van der Waals surface area contributed by atoms with Crippen LogP contribution >= 0.6 is 34.5 Å². The van der Waals surface area contributed by atoms with E-state index >= 15 is 0 Å². The first-order valence-corrected chi connectivity index (χ1v) is 8.82. The monoisotopic (exact) mass is 411 g/mol. The number of nitrogens with zero attached hydrogens (tertiary/aromatic N) is 2. The lowest BCUT2D eigenvalue weighted by Gasteiger charge is -2.08. The number of aryl methyl sites for hydroxylation is 1. The summed E-state index contributed by atoms with van der Waals surface area (Å²) in [4.78, 5) is 40.5. The van der Waals surface area contributed by atoms with Gasteiger partial charge in [0.25, 0.3) is 5.56 Å². The van der Waals surface area contributed by atoms with E-state index < -0.39 is 17.4 Å². The van der Waals surface area contributed by atoms with E-state index in [0.717, 1.165) is 15.9 Å². The summed E-state index contributed by atoms with van der Waals surface area (Å²) in [6, 6.07) is 4.62. The van der Waals surface area contributed by atoms with Crippen molar-refractivity contribution in [1.82, 2.24) is 9.55 Å². The molecule has 0 radical (unpaired) electrons. The van der Waals surface area contributed by atoms with Gasteiger partial charge in [-0.3, -0.25) is 14.2 Å². The maximum absolute atomic E-state index is 12.6. The predicted molar refractivity (Wildman–Crippen MR) is 101 cm³/mol. The van der Waals surface area contributed by atoms with Crippen molar-refractivity contribution in [3.05, 3.63) is 55.4 Å². The molecule has 0 atom stereocenters. The van der Waals surface area contributed by atoms with Gasteiger partial charge in [0.15, 0.2) is 0 Å². The number of benzene rings is 1. The number of aromatic carboxylic acids is 1. The number of anilines is 1. The van der Waals surface area contributed by atoms with E-state index in [9.17, 15) is 14.4 Å². The summed E-state index contributed by atoms with van der Waals surface area (Å²) in [6.07, 6.45) is 1.22. The Morgan fingerprint density at radius 1 is 1.31 bits per heavy atom. The highest BCUT2D eigenvalue weighted by Crippen LogP contribution is 2.27. The highest BCUT2D eigenvalue weighted by atomic mass is 35.5. The Labute approximate surface area is 160 Å². The lowest BCUT2D eigenvalue weighted by molar-refractivity contribution is -0.116. The van der Waals surface area contributed by atoms with E-state index in [1.807, 2.05) is 0 Å². The third-order valence-corrected chi connectivity index (χ3v) is 5.56. The smallest absolute Gasteiger partial charge is 0.346 e. The molecule has 2 N–H and O–H groups in total. The Morgan fingerprint density at radius 3 is 2.69 bits per heavy atom. The van der Waals surface area contributed by atoms with Crippen molar-refractivity contribution >= 4 is 62.3 Å². The Balaban J connectivity index is 1.88. The molecule has 0 fully saturated rings. The number of fused-ring (bicyclic) bond motifs is 1. The number of carbonyl (C=O) groups excluding carboxylic acids is 1. The summed E-state index contributed by atoms with van der Waals surface area (Å²) < 4.78 is 1.13. The lowest BCUT2D eigenvalue weighted by atomic mass is 10.2. The van der Waals surface area contributed by atoms with Crippen molar-refractivity contribution in [2.24, 2.45) is 0 Å². The summed E-state index contributed by atoms with van der Waals surface area (Å²) >= 11 is 12.6. The maximum atomic E-state index is 12.6. The van der Waals surface area contributed by atoms with Gasteiger partial charge in [-0.1, -0.05) is 23.2 Å². The van der Waals surface area contributed by atoms with E-state index in [4.69, 9.17) is 28.3 Å². The summed E-state index contributed by atoms with van der Waals surface area (Å²) in [6.45, 7) is 1.27. The maximum Gasteiger partial charge on any atom is 0.346 e. The minimum atomic E-state index is -1.12. The minimum Gasteiger partial charge on any atom is -0.477 e. The molecule has 0 saturated carbocycles. The van der Waals surface area contributed by atoms with Gasteiger partial charge in [-0.2, -0.15) is 0 Å².